The number of nitrogens with zero attached hydrogens (tertiary/aromatic N) is 6. The number of anilines is 1. The third kappa shape index (κ3) is 2.73. The Hall–Kier alpha value is -3.16. The van der Waals surface area contributed by atoms with E-state index in [1.54, 1.807) is 16.9 Å². The van der Waals surface area contributed by atoms with Crippen LogP contribution in [0.5, 0.6) is 0 Å². The predicted octanol–water partition coefficient (Wildman–Crippen LogP) is 2.53. The number of para-hydroxylation sites is 2. The van der Waals surface area contributed by atoms with Crippen LogP contribution in [0.3, 0.4) is 0 Å². The van der Waals surface area contributed by atoms with Crippen LogP contribution in [0.2, 0.25) is 0 Å². The highest BCUT2D eigenvalue weighted by molar-refractivity contribution is 5.75. The Balaban J connectivity index is 1.54. The largest absolute Gasteiger partial charge is 0.382 e. The van der Waals surface area contributed by atoms with E-state index in [0.29, 0.717) is 24.0 Å². The second kappa shape index (κ2) is 5.98. The van der Waals surface area contributed by atoms with E-state index in [2.05, 4.69) is 30.9 Å². The van der Waals surface area contributed by atoms with E-state index in [1.807, 2.05) is 39.0 Å². The molecule has 0 spiro atoms. The molecule has 3 heterocycles. The molecule has 8 heteroatoms. The minimum absolute atomic E-state index is 0.459. The highest BCUT2D eigenvalue weighted by atomic mass is 16.5. The Bertz CT molecular complexity index is 1060. The first-order valence-electron chi connectivity index (χ1n) is 8.52. The van der Waals surface area contributed by atoms with E-state index in [1.165, 1.54) is 0 Å². The molecule has 0 unspecified atom stereocenters. The van der Waals surface area contributed by atoms with Gasteiger partial charge in [-0.25, -0.2) is 4.98 Å². The van der Waals surface area contributed by atoms with Crippen molar-refractivity contribution in [1.29, 1.82) is 0 Å². The van der Waals surface area contributed by atoms with Crippen molar-refractivity contribution in [2.45, 2.75) is 39.3 Å². The lowest BCUT2D eigenvalue weighted by atomic mass is 10.1. The van der Waals surface area contributed by atoms with E-state index in [4.69, 9.17) is 10.3 Å². The number of nitrogens with two attached hydrogens (primary N) is 1. The summed E-state index contributed by atoms with van der Waals surface area (Å²) in [5.41, 5.74) is 7.25. The summed E-state index contributed by atoms with van der Waals surface area (Å²) in [4.78, 5) is 9.15. The number of nitrogen functional groups attached to an aromatic ring is 1. The molecule has 0 saturated carbocycles. The third-order valence-electron chi connectivity index (χ3n) is 4.58. The van der Waals surface area contributed by atoms with Crippen LogP contribution >= 0.6 is 0 Å². The molecule has 0 saturated heterocycles. The molecule has 3 aromatic heterocycles. The maximum atomic E-state index is 5.71. The minimum atomic E-state index is -0.569. The molecule has 0 amide bonds. The van der Waals surface area contributed by atoms with Gasteiger partial charge in [-0.2, -0.15) is 10.1 Å². The predicted molar refractivity (Wildman–Crippen MR) is 97.5 cm³/mol. The quantitative estimate of drug-likeness (QED) is 0.593. The van der Waals surface area contributed by atoms with Crippen LogP contribution in [0.25, 0.3) is 11.0 Å². The second-order valence-corrected chi connectivity index (χ2v) is 6.81. The Morgan fingerprint density at radius 3 is 2.73 bits per heavy atom. The zero-order chi connectivity index (χ0) is 18.3. The monoisotopic (exact) mass is 351 g/mol. The zero-order valence-corrected chi connectivity index (χ0v) is 15.0. The van der Waals surface area contributed by atoms with Crippen molar-refractivity contribution in [3.8, 4) is 0 Å². The van der Waals surface area contributed by atoms with Crippen molar-refractivity contribution in [3.63, 3.8) is 0 Å². The summed E-state index contributed by atoms with van der Waals surface area (Å²) in [6, 6.07) is 9.84. The first-order valence-corrected chi connectivity index (χ1v) is 8.52. The molecule has 0 radical (unpaired) electrons. The minimum Gasteiger partial charge on any atom is -0.382 e. The van der Waals surface area contributed by atoms with Crippen molar-refractivity contribution in [2.24, 2.45) is 0 Å². The smallest absolute Gasteiger partial charge is 0.254 e. The van der Waals surface area contributed by atoms with Crippen molar-refractivity contribution < 1.29 is 4.52 Å². The Morgan fingerprint density at radius 2 is 1.96 bits per heavy atom. The standard InChI is InChI=1S/C18H21N7O/c1-12-20-13-6-4-5-7-14(13)24(12)10-9-16-21-17(26-23-16)18(2,3)25-11-8-15(19)22-25/h4-8,11H,9-10H2,1-3H3,(H2,19,22). The van der Waals surface area contributed by atoms with E-state index in [9.17, 15) is 0 Å². The lowest BCUT2D eigenvalue weighted by molar-refractivity contribution is 0.261. The van der Waals surface area contributed by atoms with Gasteiger partial charge >= 0.3 is 0 Å². The number of hydrogen-bond acceptors (Lipinski definition) is 6. The molecule has 1 aromatic carbocycles. The number of fused-ring (bicyclic) bond motifs is 1. The van der Waals surface area contributed by atoms with Crippen LogP contribution in [0.15, 0.2) is 41.1 Å². The molecule has 0 fully saturated rings. The van der Waals surface area contributed by atoms with Gasteiger partial charge in [-0.15, -0.1) is 0 Å². The molecular weight excluding hydrogens is 330 g/mol. The average molecular weight is 351 g/mol. The van der Waals surface area contributed by atoms with Crippen molar-refractivity contribution in [1.82, 2.24) is 29.5 Å². The number of hydrogen-bond donors (Lipinski definition) is 1. The molecule has 26 heavy (non-hydrogen) atoms. The van der Waals surface area contributed by atoms with Crippen molar-refractivity contribution in [3.05, 3.63) is 54.1 Å². The summed E-state index contributed by atoms with van der Waals surface area (Å²) in [6.07, 6.45) is 2.46. The maximum absolute atomic E-state index is 5.71. The van der Waals surface area contributed by atoms with Crippen LogP contribution in [0, 0.1) is 6.92 Å². The van der Waals surface area contributed by atoms with Gasteiger partial charge in [0.05, 0.1) is 11.0 Å². The first-order chi connectivity index (χ1) is 12.4. The van der Waals surface area contributed by atoms with Crippen LogP contribution in [-0.2, 0) is 18.5 Å². The van der Waals surface area contributed by atoms with Gasteiger partial charge in [0.2, 0.25) is 0 Å². The molecular formula is C18H21N7O. The Kier molecular flexibility index (Phi) is 3.75. The maximum Gasteiger partial charge on any atom is 0.254 e. The summed E-state index contributed by atoms with van der Waals surface area (Å²) in [5.74, 6) is 2.59. The number of aromatic nitrogens is 6. The summed E-state index contributed by atoms with van der Waals surface area (Å²) in [6.45, 7) is 6.67. The van der Waals surface area contributed by atoms with Crippen LogP contribution in [0.4, 0.5) is 5.82 Å². The molecule has 2 N–H and O–H groups in total. The molecule has 0 atom stereocenters. The van der Waals surface area contributed by atoms with Crippen molar-refractivity contribution in [2.75, 3.05) is 5.73 Å². The molecule has 0 bridgehead atoms. The topological polar surface area (TPSA) is 101 Å². The third-order valence-corrected chi connectivity index (χ3v) is 4.58. The number of rotatable bonds is 5. The highest BCUT2D eigenvalue weighted by Crippen LogP contribution is 2.24. The SMILES string of the molecule is Cc1nc2ccccc2n1CCc1noc(C(C)(C)n2ccc(N)n2)n1. The summed E-state index contributed by atoms with van der Waals surface area (Å²) in [7, 11) is 0. The van der Waals surface area contributed by atoms with Gasteiger partial charge in [-0.3, -0.25) is 4.68 Å². The van der Waals surface area contributed by atoms with Gasteiger partial charge in [-0.1, -0.05) is 17.3 Å². The van der Waals surface area contributed by atoms with E-state index in [-0.39, 0.29) is 0 Å². The average Bonchev–Trinajstić information content (AvgIpc) is 3.31. The molecule has 0 aliphatic rings. The lowest BCUT2D eigenvalue weighted by Gasteiger charge is -2.20. The zero-order valence-electron chi connectivity index (χ0n) is 15.0. The molecule has 0 aliphatic carbocycles. The van der Waals surface area contributed by atoms with Crippen LogP contribution in [-0.4, -0.2) is 29.5 Å². The Morgan fingerprint density at radius 1 is 1.15 bits per heavy atom. The Labute approximate surface area is 150 Å². The van der Waals surface area contributed by atoms with E-state index >= 15 is 0 Å². The van der Waals surface area contributed by atoms with Gasteiger partial charge in [0.25, 0.3) is 5.89 Å². The lowest BCUT2D eigenvalue weighted by Crippen LogP contribution is -2.28. The van der Waals surface area contributed by atoms with Crippen LogP contribution < -0.4 is 5.73 Å². The fraction of sp³-hybridized carbons (Fsp3) is 0.333. The van der Waals surface area contributed by atoms with Gasteiger partial charge in [0.15, 0.2) is 5.82 Å². The molecule has 0 aliphatic heterocycles. The summed E-state index contributed by atoms with van der Waals surface area (Å²) in [5, 5.41) is 8.39. The van der Waals surface area contributed by atoms with Gasteiger partial charge < -0.3 is 14.8 Å². The fourth-order valence-electron chi connectivity index (χ4n) is 3.04. The molecule has 8 nitrogen and oxygen atoms in total. The normalized spacial score (nSPS) is 12.1. The molecule has 4 aromatic rings. The molecule has 4 rings (SSSR count). The fourth-order valence-corrected chi connectivity index (χ4v) is 3.04. The number of benzene rings is 1. The summed E-state index contributed by atoms with van der Waals surface area (Å²) >= 11 is 0. The molecule has 134 valence electrons. The second-order valence-electron chi connectivity index (χ2n) is 6.81. The summed E-state index contributed by atoms with van der Waals surface area (Å²) < 4.78 is 9.39. The van der Waals surface area contributed by atoms with Gasteiger partial charge in [0.1, 0.15) is 17.2 Å². The van der Waals surface area contributed by atoms with Crippen LogP contribution in [0.1, 0.15) is 31.4 Å². The number of imidazole rings is 1. The van der Waals surface area contributed by atoms with E-state index < -0.39 is 5.54 Å². The highest BCUT2D eigenvalue weighted by Gasteiger charge is 2.30. The van der Waals surface area contributed by atoms with E-state index in [0.717, 1.165) is 23.4 Å². The van der Waals surface area contributed by atoms with Crippen molar-refractivity contribution >= 4 is 16.9 Å². The van der Waals surface area contributed by atoms with Gasteiger partial charge in [0, 0.05) is 19.2 Å². The number of aryl methyl sites for hydroxylation is 3. The van der Waals surface area contributed by atoms with Gasteiger partial charge in [-0.05, 0) is 39.0 Å². The first kappa shape index (κ1) is 16.3.